The van der Waals surface area contributed by atoms with Crippen LogP contribution in [0.4, 0.5) is 5.95 Å². The average molecular weight is 335 g/mol. The van der Waals surface area contributed by atoms with Gasteiger partial charge in [0.25, 0.3) is 5.56 Å². The molecule has 0 saturated carbocycles. The number of ether oxygens (including phenoxy) is 1. The number of hydrazone groups is 1. The summed E-state index contributed by atoms with van der Waals surface area (Å²) < 4.78 is 5.76. The molecule has 2 aromatic carbocycles. The third kappa shape index (κ3) is 5.00. The number of anilines is 1. The van der Waals surface area contributed by atoms with Crippen LogP contribution in [0.3, 0.4) is 0 Å². The molecule has 7 heteroatoms. The van der Waals surface area contributed by atoms with Gasteiger partial charge in [-0.25, -0.2) is 5.43 Å². The van der Waals surface area contributed by atoms with Crippen molar-refractivity contribution < 1.29 is 4.74 Å². The van der Waals surface area contributed by atoms with E-state index in [1.807, 2.05) is 24.3 Å². The van der Waals surface area contributed by atoms with Crippen LogP contribution in [0.1, 0.15) is 16.7 Å². The zero-order chi connectivity index (χ0) is 17.5. The quantitative estimate of drug-likeness (QED) is 0.533. The molecule has 0 bridgehead atoms. The van der Waals surface area contributed by atoms with E-state index in [1.165, 1.54) is 5.56 Å². The fourth-order valence-electron chi connectivity index (χ4n) is 2.03. The molecule has 0 aliphatic carbocycles. The summed E-state index contributed by atoms with van der Waals surface area (Å²) in [6, 6.07) is 15.8. The molecular formula is C18H17N5O2. The minimum Gasteiger partial charge on any atom is -0.489 e. The maximum Gasteiger partial charge on any atom is 0.271 e. The molecule has 1 heterocycles. The molecule has 0 amide bonds. The predicted molar refractivity (Wildman–Crippen MR) is 95.8 cm³/mol. The average Bonchev–Trinajstić information content (AvgIpc) is 2.62. The summed E-state index contributed by atoms with van der Waals surface area (Å²) in [7, 11) is 0. The van der Waals surface area contributed by atoms with Crippen LogP contribution >= 0.6 is 0 Å². The zero-order valence-electron chi connectivity index (χ0n) is 13.6. The SMILES string of the molecule is Cc1ccc(COc2ccc(/C=N/Nc3nncc(=O)[nH]3)cc2)cc1. The number of aryl methyl sites for hydroxylation is 1. The number of nitrogens with zero attached hydrogens (tertiary/aromatic N) is 3. The van der Waals surface area contributed by atoms with Crippen molar-refractivity contribution >= 4 is 12.2 Å². The highest BCUT2D eigenvalue weighted by Gasteiger charge is 1.97. The van der Waals surface area contributed by atoms with Crippen molar-refractivity contribution in [1.29, 1.82) is 0 Å². The van der Waals surface area contributed by atoms with E-state index in [1.54, 1.807) is 6.21 Å². The number of benzene rings is 2. The summed E-state index contributed by atoms with van der Waals surface area (Å²) in [5.74, 6) is 0.964. The second kappa shape index (κ2) is 7.87. The van der Waals surface area contributed by atoms with E-state index in [2.05, 4.69) is 56.9 Å². The van der Waals surface area contributed by atoms with E-state index in [0.29, 0.717) is 6.61 Å². The Morgan fingerprint density at radius 1 is 1.16 bits per heavy atom. The zero-order valence-corrected chi connectivity index (χ0v) is 13.6. The fraction of sp³-hybridized carbons (Fsp3) is 0.111. The van der Waals surface area contributed by atoms with E-state index in [0.717, 1.165) is 23.1 Å². The Labute approximate surface area is 144 Å². The highest BCUT2D eigenvalue weighted by molar-refractivity contribution is 5.80. The van der Waals surface area contributed by atoms with Gasteiger partial charge in [0.2, 0.25) is 5.95 Å². The second-order valence-electron chi connectivity index (χ2n) is 5.40. The van der Waals surface area contributed by atoms with E-state index in [9.17, 15) is 4.79 Å². The van der Waals surface area contributed by atoms with Crippen LogP contribution in [0.25, 0.3) is 0 Å². The van der Waals surface area contributed by atoms with Crippen LogP contribution in [0.5, 0.6) is 5.75 Å². The van der Waals surface area contributed by atoms with Gasteiger partial charge in [-0.1, -0.05) is 29.8 Å². The molecule has 7 nitrogen and oxygen atoms in total. The number of nitrogens with one attached hydrogen (secondary N) is 2. The molecule has 2 N–H and O–H groups in total. The molecule has 3 aromatic rings. The van der Waals surface area contributed by atoms with Crippen molar-refractivity contribution in [2.24, 2.45) is 5.10 Å². The molecule has 0 radical (unpaired) electrons. The van der Waals surface area contributed by atoms with Crippen molar-refractivity contribution in [3.8, 4) is 5.75 Å². The van der Waals surface area contributed by atoms with Gasteiger partial charge in [0.1, 0.15) is 18.6 Å². The molecule has 0 atom stereocenters. The third-order valence-corrected chi connectivity index (χ3v) is 3.36. The minimum absolute atomic E-state index is 0.182. The second-order valence-corrected chi connectivity index (χ2v) is 5.40. The highest BCUT2D eigenvalue weighted by atomic mass is 16.5. The predicted octanol–water partition coefficient (Wildman–Crippen LogP) is 2.50. The Hall–Kier alpha value is -3.48. The maximum atomic E-state index is 11.1. The van der Waals surface area contributed by atoms with Crippen molar-refractivity contribution in [2.45, 2.75) is 13.5 Å². The lowest BCUT2D eigenvalue weighted by atomic mass is 10.2. The van der Waals surface area contributed by atoms with Crippen LogP contribution in [0.2, 0.25) is 0 Å². The molecule has 1 aromatic heterocycles. The molecule has 126 valence electrons. The number of hydrogen-bond acceptors (Lipinski definition) is 6. The van der Waals surface area contributed by atoms with Gasteiger partial charge < -0.3 is 4.74 Å². The summed E-state index contributed by atoms with van der Waals surface area (Å²) in [6.07, 6.45) is 2.70. The summed E-state index contributed by atoms with van der Waals surface area (Å²) in [4.78, 5) is 13.5. The summed E-state index contributed by atoms with van der Waals surface area (Å²) in [5.41, 5.74) is 5.49. The molecular weight excluding hydrogens is 318 g/mol. The van der Waals surface area contributed by atoms with Gasteiger partial charge in [0, 0.05) is 0 Å². The highest BCUT2D eigenvalue weighted by Crippen LogP contribution is 2.14. The molecule has 25 heavy (non-hydrogen) atoms. The van der Waals surface area contributed by atoms with E-state index < -0.39 is 0 Å². The van der Waals surface area contributed by atoms with E-state index in [4.69, 9.17) is 4.74 Å². The van der Waals surface area contributed by atoms with Gasteiger partial charge in [-0.2, -0.15) is 5.10 Å². The van der Waals surface area contributed by atoms with Gasteiger partial charge >= 0.3 is 0 Å². The topological polar surface area (TPSA) is 92.3 Å². The van der Waals surface area contributed by atoms with Gasteiger partial charge in [0.05, 0.1) is 6.21 Å². The smallest absolute Gasteiger partial charge is 0.271 e. The third-order valence-electron chi connectivity index (χ3n) is 3.36. The first-order valence-electron chi connectivity index (χ1n) is 7.68. The molecule has 0 spiro atoms. The monoisotopic (exact) mass is 335 g/mol. The fourth-order valence-corrected chi connectivity index (χ4v) is 2.03. The lowest BCUT2D eigenvalue weighted by Crippen LogP contribution is -2.10. The number of rotatable bonds is 6. The Morgan fingerprint density at radius 2 is 1.92 bits per heavy atom. The summed E-state index contributed by atoms with van der Waals surface area (Å²) in [6.45, 7) is 2.58. The Bertz CT molecular complexity index is 902. The van der Waals surface area contributed by atoms with Gasteiger partial charge in [0.15, 0.2) is 0 Å². The molecule has 3 rings (SSSR count). The first-order valence-corrected chi connectivity index (χ1v) is 7.68. The van der Waals surface area contributed by atoms with Crippen LogP contribution in [0, 0.1) is 6.92 Å². The van der Waals surface area contributed by atoms with Gasteiger partial charge in [-0.3, -0.25) is 9.78 Å². The molecule has 0 unspecified atom stereocenters. The van der Waals surface area contributed by atoms with E-state index >= 15 is 0 Å². The van der Waals surface area contributed by atoms with Crippen molar-refractivity contribution in [2.75, 3.05) is 5.43 Å². The molecule has 0 fully saturated rings. The lowest BCUT2D eigenvalue weighted by molar-refractivity contribution is 0.306. The normalized spacial score (nSPS) is 10.8. The maximum absolute atomic E-state index is 11.1. The number of aromatic amines is 1. The van der Waals surface area contributed by atoms with Crippen molar-refractivity contribution in [3.05, 3.63) is 81.8 Å². The van der Waals surface area contributed by atoms with Crippen molar-refractivity contribution in [1.82, 2.24) is 15.2 Å². The van der Waals surface area contributed by atoms with Gasteiger partial charge in [-0.05, 0) is 42.3 Å². The van der Waals surface area contributed by atoms with Crippen LogP contribution in [-0.2, 0) is 6.61 Å². The first kappa shape index (κ1) is 16.4. The molecule has 0 aliphatic rings. The van der Waals surface area contributed by atoms with Crippen molar-refractivity contribution in [3.63, 3.8) is 0 Å². The summed E-state index contributed by atoms with van der Waals surface area (Å²) >= 11 is 0. The van der Waals surface area contributed by atoms with Crippen LogP contribution in [0.15, 0.2) is 64.6 Å². The van der Waals surface area contributed by atoms with Gasteiger partial charge in [-0.15, -0.1) is 10.2 Å². The Kier molecular flexibility index (Phi) is 5.16. The molecule has 0 saturated heterocycles. The van der Waals surface area contributed by atoms with Crippen LogP contribution < -0.4 is 15.7 Å². The minimum atomic E-state index is -0.345. The molecule has 0 aliphatic heterocycles. The summed E-state index contributed by atoms with van der Waals surface area (Å²) in [5, 5.41) is 11.2. The van der Waals surface area contributed by atoms with Crippen LogP contribution in [-0.4, -0.2) is 21.4 Å². The Balaban J connectivity index is 1.53. The number of hydrogen-bond donors (Lipinski definition) is 2. The lowest BCUT2D eigenvalue weighted by Gasteiger charge is -2.06. The Morgan fingerprint density at radius 3 is 2.64 bits per heavy atom. The standard InChI is InChI=1S/C18H17N5O2/c1-13-2-4-15(5-3-13)12-25-16-8-6-14(7-9-16)10-19-22-18-21-17(24)11-20-23-18/h2-11H,12H2,1H3,(H2,21,22,23,24)/b19-10+. The number of aromatic nitrogens is 3. The largest absolute Gasteiger partial charge is 0.489 e. The number of H-pyrrole nitrogens is 1. The first-order chi connectivity index (χ1) is 12.2. The van der Waals surface area contributed by atoms with E-state index in [-0.39, 0.29) is 11.5 Å².